The third kappa shape index (κ3) is 5.56. The topological polar surface area (TPSA) is 59.8 Å². The first kappa shape index (κ1) is 23.5. The number of hydrogen-bond acceptors (Lipinski definition) is 4. The van der Waals surface area contributed by atoms with E-state index in [1.165, 1.54) is 11.1 Å². The van der Waals surface area contributed by atoms with E-state index in [1.54, 1.807) is 24.2 Å². The number of carbonyl (C=O) groups is 1. The summed E-state index contributed by atoms with van der Waals surface area (Å²) in [5.74, 6) is -0.123. The maximum absolute atomic E-state index is 13.1. The minimum atomic E-state index is -0.123. The number of nitrogens with zero attached hydrogens (tertiary/aromatic N) is 3. The first-order chi connectivity index (χ1) is 15.5. The summed E-state index contributed by atoms with van der Waals surface area (Å²) in [6, 6.07) is 12.1. The van der Waals surface area contributed by atoms with Gasteiger partial charge in [-0.3, -0.25) is 4.79 Å². The largest absolute Gasteiger partial charge is 0.348 e. The summed E-state index contributed by atoms with van der Waals surface area (Å²) in [5, 5.41) is 8.62. The van der Waals surface area contributed by atoms with Crippen LogP contribution in [0.2, 0.25) is 0 Å². The summed E-state index contributed by atoms with van der Waals surface area (Å²) in [6.07, 6.45) is 10.4. The van der Waals surface area contributed by atoms with Crippen LogP contribution >= 0.6 is 11.8 Å². The SMILES string of the molecule is C/C=C(/C(=O)NCc1ccnc(SC)c1)c1cnn(-c2ccc(C)cc2)c1/C=C(\C)CC. The lowest BCUT2D eigenvalue weighted by atomic mass is 10.0. The fraction of sp³-hybridized carbons (Fsp3) is 0.269. The molecule has 2 aromatic heterocycles. The summed E-state index contributed by atoms with van der Waals surface area (Å²) in [5.41, 5.74) is 6.73. The Morgan fingerprint density at radius 1 is 1.22 bits per heavy atom. The third-order valence-corrected chi connectivity index (χ3v) is 5.95. The zero-order valence-electron chi connectivity index (χ0n) is 19.3. The van der Waals surface area contributed by atoms with E-state index >= 15 is 0 Å². The van der Waals surface area contributed by atoms with E-state index in [-0.39, 0.29) is 5.91 Å². The van der Waals surface area contributed by atoms with Gasteiger partial charge in [0.1, 0.15) is 0 Å². The van der Waals surface area contributed by atoms with Crippen molar-refractivity contribution in [2.45, 2.75) is 45.7 Å². The number of aryl methyl sites for hydroxylation is 1. The third-order valence-electron chi connectivity index (χ3n) is 5.31. The maximum Gasteiger partial charge on any atom is 0.251 e. The Morgan fingerprint density at radius 2 is 1.97 bits per heavy atom. The zero-order chi connectivity index (χ0) is 23.1. The van der Waals surface area contributed by atoms with Crippen molar-refractivity contribution in [3.05, 3.63) is 82.8 Å². The predicted molar refractivity (Wildman–Crippen MR) is 134 cm³/mol. The highest BCUT2D eigenvalue weighted by Gasteiger charge is 2.19. The fourth-order valence-corrected chi connectivity index (χ4v) is 3.73. The summed E-state index contributed by atoms with van der Waals surface area (Å²) in [6.45, 7) is 8.61. The van der Waals surface area contributed by atoms with Gasteiger partial charge in [0.25, 0.3) is 5.91 Å². The summed E-state index contributed by atoms with van der Waals surface area (Å²) < 4.78 is 1.90. The molecular weight excluding hydrogens is 416 g/mol. The molecule has 0 saturated carbocycles. The molecule has 166 valence electrons. The first-order valence-electron chi connectivity index (χ1n) is 10.7. The Kier molecular flexibility index (Phi) is 8.06. The molecule has 3 aromatic rings. The van der Waals surface area contributed by atoms with Crippen LogP contribution in [0.1, 0.15) is 49.6 Å². The molecule has 1 amide bonds. The van der Waals surface area contributed by atoms with Crippen LogP contribution in [-0.2, 0) is 11.3 Å². The van der Waals surface area contributed by atoms with Gasteiger partial charge in [-0.25, -0.2) is 9.67 Å². The molecule has 1 N–H and O–H groups in total. The van der Waals surface area contributed by atoms with Gasteiger partial charge in [-0.05, 0) is 69.4 Å². The molecule has 0 radical (unpaired) electrons. The van der Waals surface area contributed by atoms with Gasteiger partial charge in [-0.15, -0.1) is 11.8 Å². The van der Waals surface area contributed by atoms with Crippen LogP contribution in [0.5, 0.6) is 0 Å². The Bertz CT molecular complexity index is 1140. The molecule has 0 saturated heterocycles. The second kappa shape index (κ2) is 11.0. The molecule has 0 aliphatic rings. The van der Waals surface area contributed by atoms with Gasteiger partial charge in [-0.2, -0.15) is 5.10 Å². The van der Waals surface area contributed by atoms with Gasteiger partial charge in [0.15, 0.2) is 0 Å². The van der Waals surface area contributed by atoms with Crippen LogP contribution in [0.3, 0.4) is 0 Å². The van der Waals surface area contributed by atoms with Gasteiger partial charge in [0.2, 0.25) is 0 Å². The quantitative estimate of drug-likeness (QED) is 0.349. The second-order valence-electron chi connectivity index (χ2n) is 7.63. The van der Waals surface area contributed by atoms with E-state index in [4.69, 9.17) is 0 Å². The lowest BCUT2D eigenvalue weighted by molar-refractivity contribution is -0.115. The Balaban J connectivity index is 1.93. The van der Waals surface area contributed by atoms with Gasteiger partial charge in [0, 0.05) is 23.9 Å². The lowest BCUT2D eigenvalue weighted by Gasteiger charge is -2.11. The van der Waals surface area contributed by atoms with Gasteiger partial charge >= 0.3 is 0 Å². The number of pyridine rings is 1. The maximum atomic E-state index is 13.1. The van der Waals surface area contributed by atoms with Crippen molar-refractivity contribution >= 4 is 29.3 Å². The highest BCUT2D eigenvalue weighted by atomic mass is 32.2. The molecule has 3 rings (SSSR count). The minimum absolute atomic E-state index is 0.123. The Hall–Kier alpha value is -3.12. The molecule has 0 spiro atoms. The molecule has 0 fully saturated rings. The molecule has 0 bridgehead atoms. The molecule has 0 unspecified atom stereocenters. The smallest absolute Gasteiger partial charge is 0.251 e. The average Bonchev–Trinajstić information content (AvgIpc) is 3.21. The van der Waals surface area contributed by atoms with Crippen molar-refractivity contribution in [2.24, 2.45) is 0 Å². The number of carbonyl (C=O) groups excluding carboxylic acids is 1. The number of aromatic nitrogens is 3. The fourth-order valence-electron chi connectivity index (χ4n) is 3.29. The number of benzene rings is 1. The van der Waals surface area contributed by atoms with E-state index in [0.717, 1.165) is 34.0 Å². The predicted octanol–water partition coefficient (Wildman–Crippen LogP) is 5.83. The van der Waals surface area contributed by atoms with E-state index in [2.05, 4.69) is 54.4 Å². The molecule has 0 atom stereocenters. The van der Waals surface area contributed by atoms with E-state index in [0.29, 0.717) is 12.1 Å². The van der Waals surface area contributed by atoms with Gasteiger partial charge in [0.05, 0.1) is 22.6 Å². The number of nitrogens with one attached hydrogen (secondary N) is 1. The van der Waals surface area contributed by atoms with Crippen molar-refractivity contribution in [1.82, 2.24) is 20.1 Å². The normalized spacial score (nSPS) is 12.2. The van der Waals surface area contributed by atoms with Crippen molar-refractivity contribution in [3.8, 4) is 5.69 Å². The number of amides is 1. The number of hydrogen-bond donors (Lipinski definition) is 1. The summed E-state index contributed by atoms with van der Waals surface area (Å²) in [7, 11) is 0. The highest BCUT2D eigenvalue weighted by molar-refractivity contribution is 7.98. The Morgan fingerprint density at radius 3 is 2.62 bits per heavy atom. The molecular formula is C26H30N4OS. The number of allylic oxidation sites excluding steroid dienone is 2. The monoisotopic (exact) mass is 446 g/mol. The molecule has 32 heavy (non-hydrogen) atoms. The number of thioether (sulfide) groups is 1. The van der Waals surface area contributed by atoms with Crippen LogP contribution in [0.4, 0.5) is 0 Å². The number of rotatable bonds is 8. The molecule has 2 heterocycles. The second-order valence-corrected chi connectivity index (χ2v) is 8.45. The molecule has 1 aromatic carbocycles. The van der Waals surface area contributed by atoms with Gasteiger partial charge in [-0.1, -0.05) is 36.3 Å². The van der Waals surface area contributed by atoms with Crippen LogP contribution in [0.25, 0.3) is 17.3 Å². The summed E-state index contributed by atoms with van der Waals surface area (Å²) >= 11 is 1.58. The first-order valence-corrected chi connectivity index (χ1v) is 11.9. The van der Waals surface area contributed by atoms with E-state index < -0.39 is 0 Å². The van der Waals surface area contributed by atoms with Crippen LogP contribution < -0.4 is 5.32 Å². The minimum Gasteiger partial charge on any atom is -0.348 e. The van der Waals surface area contributed by atoms with Gasteiger partial charge < -0.3 is 5.32 Å². The van der Waals surface area contributed by atoms with E-state index in [9.17, 15) is 4.79 Å². The molecule has 0 aliphatic heterocycles. The standard InChI is InChI=1S/C26H30N4OS/c1-6-18(3)14-24-23(17-29-30(24)21-10-8-19(4)9-11-21)22(7-2)26(31)28-16-20-12-13-27-25(15-20)32-5/h7-15,17H,6,16H2,1-5H3,(H,28,31)/b18-14+,22-7+. The lowest BCUT2D eigenvalue weighted by Crippen LogP contribution is -2.24. The van der Waals surface area contributed by atoms with Crippen LogP contribution in [0, 0.1) is 6.92 Å². The molecule has 6 heteroatoms. The van der Waals surface area contributed by atoms with Crippen molar-refractivity contribution in [1.29, 1.82) is 0 Å². The van der Waals surface area contributed by atoms with Crippen LogP contribution in [0.15, 0.2) is 65.5 Å². The highest BCUT2D eigenvalue weighted by Crippen LogP contribution is 2.26. The van der Waals surface area contributed by atoms with Crippen molar-refractivity contribution in [3.63, 3.8) is 0 Å². The summed E-state index contributed by atoms with van der Waals surface area (Å²) in [4.78, 5) is 17.4. The van der Waals surface area contributed by atoms with E-state index in [1.807, 2.05) is 48.2 Å². The average molecular weight is 447 g/mol. The zero-order valence-corrected chi connectivity index (χ0v) is 20.2. The van der Waals surface area contributed by atoms with Crippen molar-refractivity contribution < 1.29 is 4.79 Å². The molecule has 0 aliphatic carbocycles. The van der Waals surface area contributed by atoms with Crippen molar-refractivity contribution in [2.75, 3.05) is 6.26 Å². The molecule has 5 nitrogen and oxygen atoms in total. The Labute approximate surface area is 194 Å². The van der Waals surface area contributed by atoms with Crippen LogP contribution in [-0.4, -0.2) is 26.9 Å².